The molecule has 0 bridgehead atoms. The van der Waals surface area contributed by atoms with E-state index in [2.05, 4.69) is 9.97 Å². The molecule has 0 amide bonds. The lowest BCUT2D eigenvalue weighted by atomic mass is 10.1. The fourth-order valence-corrected chi connectivity index (χ4v) is 3.19. The van der Waals surface area contributed by atoms with E-state index in [1.807, 2.05) is 37.3 Å². The summed E-state index contributed by atoms with van der Waals surface area (Å²) in [5, 5.41) is 11.0. The Kier molecular flexibility index (Phi) is 3.20. The second-order valence-corrected chi connectivity index (χ2v) is 5.33. The first-order chi connectivity index (χ1) is 9.70. The van der Waals surface area contributed by atoms with Gasteiger partial charge in [0.15, 0.2) is 0 Å². The van der Waals surface area contributed by atoms with Crippen molar-refractivity contribution in [3.05, 3.63) is 47.1 Å². The molecule has 0 saturated carbocycles. The first-order valence-corrected chi connectivity index (χ1v) is 7.09. The summed E-state index contributed by atoms with van der Waals surface area (Å²) in [6, 6.07) is 9.67. The lowest BCUT2D eigenvalue weighted by Crippen LogP contribution is -1.97. The van der Waals surface area contributed by atoms with Crippen molar-refractivity contribution in [2.24, 2.45) is 0 Å². The number of thiazole rings is 1. The van der Waals surface area contributed by atoms with Crippen LogP contribution in [0.15, 0.2) is 36.5 Å². The number of nitrogens with zero attached hydrogens (tertiary/aromatic N) is 2. The molecule has 0 unspecified atom stereocenters. The Labute approximate surface area is 119 Å². The molecule has 0 fully saturated rings. The van der Waals surface area contributed by atoms with Crippen LogP contribution in [0.3, 0.4) is 0 Å². The number of aromatic carboxylic acids is 1. The Bertz CT molecular complexity index is 790. The maximum absolute atomic E-state index is 11.2. The van der Waals surface area contributed by atoms with Crippen molar-refractivity contribution >= 4 is 28.2 Å². The molecule has 3 rings (SSSR count). The molecule has 0 saturated heterocycles. The maximum Gasteiger partial charge on any atom is 0.347 e. The van der Waals surface area contributed by atoms with Gasteiger partial charge in [0.05, 0.1) is 11.2 Å². The summed E-state index contributed by atoms with van der Waals surface area (Å²) in [6.07, 6.45) is 2.34. The molecule has 3 aromatic rings. The van der Waals surface area contributed by atoms with E-state index in [0.717, 1.165) is 21.5 Å². The summed E-state index contributed by atoms with van der Waals surface area (Å²) in [5.41, 5.74) is 2.45. The summed E-state index contributed by atoms with van der Waals surface area (Å²) >= 11 is 1.22. The van der Waals surface area contributed by atoms with E-state index in [0.29, 0.717) is 17.0 Å². The number of carbonyl (C=O) groups is 1. The van der Waals surface area contributed by atoms with Crippen LogP contribution in [-0.2, 0) is 6.42 Å². The Hall–Kier alpha value is -2.27. The number of fused-ring (bicyclic) bond motifs is 1. The van der Waals surface area contributed by atoms with Crippen LogP contribution in [0, 0.1) is 0 Å². The molecule has 2 heterocycles. The van der Waals surface area contributed by atoms with Gasteiger partial charge in [-0.25, -0.2) is 9.78 Å². The van der Waals surface area contributed by atoms with E-state index < -0.39 is 5.97 Å². The van der Waals surface area contributed by atoms with Crippen molar-refractivity contribution in [2.75, 3.05) is 0 Å². The first-order valence-electron chi connectivity index (χ1n) is 6.28. The standard InChI is InChI=1S/C15H12N2O2S/c1-2-11-13(15(18)19)20-14(17-11)10-7-8-16-12-6-4-3-5-9(10)12/h3-8H,2H2,1H3,(H,18,19). The van der Waals surface area contributed by atoms with Crippen molar-refractivity contribution in [3.63, 3.8) is 0 Å². The minimum atomic E-state index is -0.913. The van der Waals surface area contributed by atoms with Crippen LogP contribution in [0.2, 0.25) is 0 Å². The topological polar surface area (TPSA) is 63.1 Å². The molecule has 2 aromatic heterocycles. The van der Waals surface area contributed by atoms with Gasteiger partial charge < -0.3 is 5.11 Å². The van der Waals surface area contributed by atoms with Gasteiger partial charge in [-0.15, -0.1) is 11.3 Å². The van der Waals surface area contributed by atoms with Gasteiger partial charge in [-0.2, -0.15) is 0 Å². The van der Waals surface area contributed by atoms with E-state index in [1.165, 1.54) is 11.3 Å². The molecule has 0 aliphatic rings. The average Bonchev–Trinajstić information content (AvgIpc) is 2.91. The third-order valence-electron chi connectivity index (χ3n) is 3.11. The molecular weight excluding hydrogens is 272 g/mol. The van der Waals surface area contributed by atoms with Crippen LogP contribution in [0.25, 0.3) is 21.5 Å². The largest absolute Gasteiger partial charge is 0.477 e. The molecular formula is C15H12N2O2S. The van der Waals surface area contributed by atoms with Gasteiger partial charge >= 0.3 is 5.97 Å². The third kappa shape index (κ3) is 2.06. The van der Waals surface area contributed by atoms with Gasteiger partial charge in [-0.1, -0.05) is 25.1 Å². The van der Waals surface area contributed by atoms with Crippen molar-refractivity contribution in [1.29, 1.82) is 0 Å². The van der Waals surface area contributed by atoms with Gasteiger partial charge in [0, 0.05) is 17.1 Å². The van der Waals surface area contributed by atoms with Crippen LogP contribution in [-0.4, -0.2) is 21.0 Å². The first kappa shape index (κ1) is 12.7. The van der Waals surface area contributed by atoms with Crippen molar-refractivity contribution < 1.29 is 9.90 Å². The molecule has 20 heavy (non-hydrogen) atoms. The van der Waals surface area contributed by atoms with Crippen LogP contribution in [0.4, 0.5) is 0 Å². The zero-order valence-electron chi connectivity index (χ0n) is 10.8. The Morgan fingerprint density at radius 2 is 2.10 bits per heavy atom. The number of hydrogen-bond acceptors (Lipinski definition) is 4. The summed E-state index contributed by atoms with van der Waals surface area (Å²) in [6.45, 7) is 1.91. The number of carboxylic acid groups (broad SMARTS) is 1. The molecule has 1 N–H and O–H groups in total. The molecule has 4 nitrogen and oxygen atoms in total. The molecule has 0 spiro atoms. The third-order valence-corrected chi connectivity index (χ3v) is 4.22. The predicted octanol–water partition coefficient (Wildman–Crippen LogP) is 3.62. The lowest BCUT2D eigenvalue weighted by molar-refractivity contribution is 0.0701. The maximum atomic E-state index is 11.2. The summed E-state index contributed by atoms with van der Waals surface area (Å²) in [5.74, 6) is -0.913. The van der Waals surface area contributed by atoms with Crippen LogP contribution in [0.1, 0.15) is 22.3 Å². The lowest BCUT2D eigenvalue weighted by Gasteiger charge is -2.02. The second kappa shape index (κ2) is 5.02. The number of hydrogen-bond donors (Lipinski definition) is 1. The highest BCUT2D eigenvalue weighted by Gasteiger charge is 2.17. The number of aryl methyl sites for hydroxylation is 1. The Balaban J connectivity index is 2.23. The highest BCUT2D eigenvalue weighted by Crippen LogP contribution is 2.32. The van der Waals surface area contributed by atoms with Crippen molar-refractivity contribution in [1.82, 2.24) is 9.97 Å². The average molecular weight is 284 g/mol. The second-order valence-electron chi connectivity index (χ2n) is 4.33. The SMILES string of the molecule is CCc1nc(-c2ccnc3ccccc23)sc1C(=O)O. The van der Waals surface area contributed by atoms with E-state index in [-0.39, 0.29) is 0 Å². The molecule has 0 aliphatic carbocycles. The molecule has 100 valence electrons. The van der Waals surface area contributed by atoms with Crippen molar-refractivity contribution in [2.45, 2.75) is 13.3 Å². The molecule has 0 radical (unpaired) electrons. The fraction of sp³-hybridized carbons (Fsp3) is 0.133. The normalized spacial score (nSPS) is 10.8. The summed E-state index contributed by atoms with van der Waals surface area (Å²) < 4.78 is 0. The Morgan fingerprint density at radius 3 is 2.80 bits per heavy atom. The van der Waals surface area contributed by atoms with Crippen molar-refractivity contribution in [3.8, 4) is 10.6 Å². The van der Waals surface area contributed by atoms with E-state index in [9.17, 15) is 9.90 Å². The van der Waals surface area contributed by atoms with E-state index in [4.69, 9.17) is 0 Å². The number of aromatic nitrogens is 2. The quantitative estimate of drug-likeness (QED) is 0.798. The minimum Gasteiger partial charge on any atom is -0.477 e. The molecule has 5 heteroatoms. The number of pyridine rings is 1. The number of benzene rings is 1. The smallest absolute Gasteiger partial charge is 0.347 e. The summed E-state index contributed by atoms with van der Waals surface area (Å²) in [7, 11) is 0. The van der Waals surface area contributed by atoms with Crippen LogP contribution < -0.4 is 0 Å². The zero-order chi connectivity index (χ0) is 14.1. The van der Waals surface area contributed by atoms with E-state index >= 15 is 0 Å². The minimum absolute atomic E-state index is 0.323. The van der Waals surface area contributed by atoms with E-state index in [1.54, 1.807) is 6.20 Å². The zero-order valence-corrected chi connectivity index (χ0v) is 11.6. The highest BCUT2D eigenvalue weighted by molar-refractivity contribution is 7.17. The molecule has 0 aliphatic heterocycles. The van der Waals surface area contributed by atoms with Gasteiger partial charge in [-0.05, 0) is 18.6 Å². The van der Waals surface area contributed by atoms with Gasteiger partial charge in [-0.3, -0.25) is 4.98 Å². The predicted molar refractivity (Wildman–Crippen MR) is 79.2 cm³/mol. The monoisotopic (exact) mass is 284 g/mol. The van der Waals surface area contributed by atoms with Gasteiger partial charge in [0.1, 0.15) is 9.88 Å². The Morgan fingerprint density at radius 1 is 1.30 bits per heavy atom. The summed E-state index contributed by atoms with van der Waals surface area (Å²) in [4.78, 5) is 20.4. The molecule has 1 aromatic carbocycles. The number of carboxylic acids is 1. The number of rotatable bonds is 3. The number of para-hydroxylation sites is 1. The molecule has 0 atom stereocenters. The van der Waals surface area contributed by atoms with Crippen LogP contribution in [0.5, 0.6) is 0 Å². The highest BCUT2D eigenvalue weighted by atomic mass is 32.1. The van der Waals surface area contributed by atoms with Crippen LogP contribution >= 0.6 is 11.3 Å². The van der Waals surface area contributed by atoms with Gasteiger partial charge in [0.25, 0.3) is 0 Å². The van der Waals surface area contributed by atoms with Gasteiger partial charge in [0.2, 0.25) is 0 Å². The fourth-order valence-electron chi connectivity index (χ4n) is 2.16.